The summed E-state index contributed by atoms with van der Waals surface area (Å²) in [6.45, 7) is 3.66. The van der Waals surface area contributed by atoms with Crippen molar-refractivity contribution in [3.63, 3.8) is 0 Å². The molecule has 0 fully saturated rings. The molecule has 2 nitrogen and oxygen atoms in total. The Labute approximate surface area is 116 Å². The lowest BCUT2D eigenvalue weighted by molar-refractivity contribution is 0.467. The van der Waals surface area contributed by atoms with Gasteiger partial charge in [0.15, 0.2) is 0 Å². The zero-order valence-corrected chi connectivity index (χ0v) is 11.4. The molecule has 19 heavy (non-hydrogen) atoms. The lowest BCUT2D eigenvalue weighted by Gasteiger charge is -2.04. The first-order valence-electron chi connectivity index (χ1n) is 5.76. The number of rotatable bonds is 2. The summed E-state index contributed by atoms with van der Waals surface area (Å²) in [6.07, 6.45) is 1.66. The molecule has 2 aromatic carbocycles. The maximum atomic E-state index is 13.0. The number of aromatic hydroxyl groups is 1. The van der Waals surface area contributed by atoms with Crippen LogP contribution in [0.4, 0.5) is 10.1 Å². The van der Waals surface area contributed by atoms with E-state index in [0.717, 1.165) is 16.7 Å². The van der Waals surface area contributed by atoms with Crippen molar-refractivity contribution in [2.24, 2.45) is 4.99 Å². The van der Waals surface area contributed by atoms with Gasteiger partial charge in [-0.25, -0.2) is 4.39 Å². The maximum absolute atomic E-state index is 13.0. The van der Waals surface area contributed by atoms with Gasteiger partial charge in [-0.1, -0.05) is 11.6 Å². The molecular formula is C15H13ClFNO. The number of hydrogen-bond donors (Lipinski definition) is 1. The molecule has 0 heterocycles. The van der Waals surface area contributed by atoms with Gasteiger partial charge in [0.05, 0.1) is 10.7 Å². The van der Waals surface area contributed by atoms with Crippen molar-refractivity contribution in [1.82, 2.24) is 0 Å². The lowest BCUT2D eigenvalue weighted by Crippen LogP contribution is -1.87. The molecule has 4 heteroatoms. The first kappa shape index (κ1) is 13.6. The molecule has 1 N–H and O–H groups in total. The summed E-state index contributed by atoms with van der Waals surface area (Å²) in [4.78, 5) is 4.23. The lowest BCUT2D eigenvalue weighted by atomic mass is 10.1. The van der Waals surface area contributed by atoms with Crippen LogP contribution in [-0.2, 0) is 0 Å². The van der Waals surface area contributed by atoms with E-state index in [4.69, 9.17) is 11.6 Å². The minimum atomic E-state index is -0.461. The molecule has 0 aromatic heterocycles. The summed E-state index contributed by atoms with van der Waals surface area (Å²) in [5, 5.41) is 9.73. The Morgan fingerprint density at radius 3 is 2.37 bits per heavy atom. The number of phenols is 1. The monoisotopic (exact) mass is 277 g/mol. The SMILES string of the molecule is Cc1cc(C=Nc2ccc(F)c(Cl)c2)cc(C)c1O. The number of aliphatic imine (C=N–C) groups is 1. The molecule has 0 amide bonds. The van der Waals surface area contributed by atoms with Crippen molar-refractivity contribution in [2.45, 2.75) is 13.8 Å². The van der Waals surface area contributed by atoms with Crippen LogP contribution in [0.3, 0.4) is 0 Å². The Morgan fingerprint density at radius 1 is 1.16 bits per heavy atom. The van der Waals surface area contributed by atoms with Gasteiger partial charge in [-0.2, -0.15) is 0 Å². The van der Waals surface area contributed by atoms with Crippen LogP contribution >= 0.6 is 11.6 Å². The fraction of sp³-hybridized carbons (Fsp3) is 0.133. The predicted molar refractivity (Wildman–Crippen MR) is 76.2 cm³/mol. The van der Waals surface area contributed by atoms with Crippen LogP contribution in [0, 0.1) is 19.7 Å². The highest BCUT2D eigenvalue weighted by Crippen LogP contribution is 2.24. The number of halogens is 2. The van der Waals surface area contributed by atoms with Gasteiger partial charge in [0.1, 0.15) is 11.6 Å². The van der Waals surface area contributed by atoms with E-state index in [1.807, 2.05) is 26.0 Å². The molecule has 2 rings (SSSR count). The van der Waals surface area contributed by atoms with Gasteiger partial charge >= 0.3 is 0 Å². The molecule has 0 atom stereocenters. The van der Waals surface area contributed by atoms with Crippen LogP contribution in [0.15, 0.2) is 35.3 Å². The predicted octanol–water partition coefficient (Wildman–Crippen LogP) is 4.55. The Bertz CT molecular complexity index is 630. The van der Waals surface area contributed by atoms with Gasteiger partial charge < -0.3 is 5.11 Å². The fourth-order valence-corrected chi connectivity index (χ4v) is 1.95. The number of benzene rings is 2. The van der Waals surface area contributed by atoms with E-state index < -0.39 is 5.82 Å². The van der Waals surface area contributed by atoms with Crippen molar-refractivity contribution in [3.05, 3.63) is 57.9 Å². The summed E-state index contributed by atoms with van der Waals surface area (Å²) in [5.41, 5.74) is 3.03. The number of aryl methyl sites for hydroxylation is 2. The summed E-state index contributed by atoms with van der Waals surface area (Å²) >= 11 is 5.68. The van der Waals surface area contributed by atoms with Gasteiger partial charge in [-0.3, -0.25) is 4.99 Å². The highest BCUT2D eigenvalue weighted by Gasteiger charge is 2.02. The topological polar surface area (TPSA) is 32.6 Å². The molecule has 0 saturated carbocycles. The van der Waals surface area contributed by atoms with Crippen LogP contribution in [0.25, 0.3) is 0 Å². The summed E-state index contributed by atoms with van der Waals surface area (Å²) in [6, 6.07) is 7.96. The highest BCUT2D eigenvalue weighted by molar-refractivity contribution is 6.31. The molecule has 98 valence electrons. The van der Waals surface area contributed by atoms with Crippen molar-refractivity contribution >= 4 is 23.5 Å². The van der Waals surface area contributed by atoms with E-state index >= 15 is 0 Å². The Morgan fingerprint density at radius 2 is 1.79 bits per heavy atom. The zero-order chi connectivity index (χ0) is 14.0. The molecule has 0 radical (unpaired) electrons. The maximum Gasteiger partial charge on any atom is 0.141 e. The van der Waals surface area contributed by atoms with Gasteiger partial charge in [-0.05, 0) is 60.9 Å². The normalized spacial score (nSPS) is 11.2. The van der Waals surface area contributed by atoms with Crippen molar-refractivity contribution in [2.75, 3.05) is 0 Å². The molecule has 0 unspecified atom stereocenters. The second-order valence-electron chi connectivity index (χ2n) is 4.36. The molecule has 0 bridgehead atoms. The number of phenolic OH excluding ortho intramolecular Hbond substituents is 1. The molecule has 0 saturated heterocycles. The summed E-state index contributed by atoms with van der Waals surface area (Å²) < 4.78 is 13.0. The fourth-order valence-electron chi connectivity index (χ4n) is 1.78. The van der Waals surface area contributed by atoms with E-state index in [2.05, 4.69) is 4.99 Å². The molecule has 0 spiro atoms. The summed E-state index contributed by atoms with van der Waals surface area (Å²) in [7, 11) is 0. The number of hydrogen-bond acceptors (Lipinski definition) is 2. The third-order valence-corrected chi connectivity index (χ3v) is 3.07. The Kier molecular flexibility index (Phi) is 3.86. The first-order valence-corrected chi connectivity index (χ1v) is 6.14. The van der Waals surface area contributed by atoms with Crippen LogP contribution < -0.4 is 0 Å². The van der Waals surface area contributed by atoms with E-state index in [1.54, 1.807) is 12.3 Å². The quantitative estimate of drug-likeness (QED) is 0.803. The highest BCUT2D eigenvalue weighted by atomic mass is 35.5. The van der Waals surface area contributed by atoms with Gasteiger partial charge in [0.25, 0.3) is 0 Å². The molecule has 0 aliphatic heterocycles. The second kappa shape index (κ2) is 5.41. The molecule has 2 aromatic rings. The van der Waals surface area contributed by atoms with Crippen molar-refractivity contribution in [3.8, 4) is 5.75 Å². The average Bonchev–Trinajstić information content (AvgIpc) is 2.37. The van der Waals surface area contributed by atoms with Crippen LogP contribution in [0.1, 0.15) is 16.7 Å². The smallest absolute Gasteiger partial charge is 0.141 e. The molecular weight excluding hydrogens is 265 g/mol. The van der Waals surface area contributed by atoms with Crippen LogP contribution in [0.2, 0.25) is 5.02 Å². The first-order chi connectivity index (χ1) is 8.97. The van der Waals surface area contributed by atoms with E-state index in [1.165, 1.54) is 12.1 Å². The van der Waals surface area contributed by atoms with Gasteiger partial charge in [0.2, 0.25) is 0 Å². The van der Waals surface area contributed by atoms with Crippen molar-refractivity contribution < 1.29 is 9.50 Å². The second-order valence-corrected chi connectivity index (χ2v) is 4.77. The van der Waals surface area contributed by atoms with Gasteiger partial charge in [0, 0.05) is 6.21 Å². The minimum Gasteiger partial charge on any atom is -0.507 e. The van der Waals surface area contributed by atoms with E-state index in [9.17, 15) is 9.50 Å². The Hall–Kier alpha value is -1.87. The third kappa shape index (κ3) is 3.12. The Balaban J connectivity index is 2.30. The number of nitrogens with zero attached hydrogens (tertiary/aromatic N) is 1. The van der Waals surface area contributed by atoms with Crippen LogP contribution in [0.5, 0.6) is 5.75 Å². The largest absolute Gasteiger partial charge is 0.507 e. The zero-order valence-electron chi connectivity index (χ0n) is 10.6. The van der Waals surface area contributed by atoms with E-state index in [-0.39, 0.29) is 5.02 Å². The molecule has 0 aliphatic rings. The van der Waals surface area contributed by atoms with Crippen LogP contribution in [-0.4, -0.2) is 11.3 Å². The van der Waals surface area contributed by atoms with E-state index in [0.29, 0.717) is 11.4 Å². The average molecular weight is 278 g/mol. The third-order valence-electron chi connectivity index (χ3n) is 2.78. The summed E-state index contributed by atoms with van der Waals surface area (Å²) in [5.74, 6) is -0.168. The van der Waals surface area contributed by atoms with Crippen molar-refractivity contribution in [1.29, 1.82) is 0 Å². The minimum absolute atomic E-state index is 0.0488. The standard InChI is InChI=1S/C15H13ClFNO/c1-9-5-11(6-10(2)15(9)19)8-18-12-3-4-14(17)13(16)7-12/h3-8,19H,1-2H3. The van der Waals surface area contributed by atoms with Gasteiger partial charge in [-0.15, -0.1) is 0 Å². The molecule has 0 aliphatic carbocycles.